The van der Waals surface area contributed by atoms with Crippen molar-refractivity contribution in [3.05, 3.63) is 0 Å². The molecule has 1 rings (SSSR count). The number of alkyl halides is 1. The Morgan fingerprint density at radius 1 is 1.64 bits per heavy atom. The summed E-state index contributed by atoms with van der Waals surface area (Å²) < 4.78 is 13.2. The summed E-state index contributed by atoms with van der Waals surface area (Å²) >= 11 is 0. The summed E-state index contributed by atoms with van der Waals surface area (Å²) in [7, 11) is 1.80. The summed E-state index contributed by atoms with van der Waals surface area (Å²) in [5, 5.41) is 4.51. The van der Waals surface area contributed by atoms with Gasteiger partial charge in [0.25, 0.3) is 0 Å². The third-order valence-electron chi connectivity index (χ3n) is 2.18. The maximum atomic E-state index is 13.2. The minimum atomic E-state index is -0.826. The van der Waals surface area contributed by atoms with E-state index in [0.717, 1.165) is 19.4 Å². The van der Waals surface area contributed by atoms with Gasteiger partial charge in [-0.15, -0.1) is 0 Å². The largest absolute Gasteiger partial charge is 0.314 e. The Hall–Kier alpha value is -0.190. The van der Waals surface area contributed by atoms with Crippen molar-refractivity contribution >= 4 is 0 Å². The van der Waals surface area contributed by atoms with E-state index in [9.17, 15) is 4.39 Å². The minimum absolute atomic E-state index is 0.0106. The summed E-state index contributed by atoms with van der Waals surface area (Å²) in [6, 6.07) is -0.0106. The molecule has 0 amide bonds. The van der Waals surface area contributed by atoms with Crippen molar-refractivity contribution in [2.45, 2.75) is 25.1 Å². The highest BCUT2D eigenvalue weighted by Gasteiger charge is 2.23. The molecule has 2 unspecified atom stereocenters. The highest BCUT2D eigenvalue weighted by Crippen LogP contribution is 2.11. The van der Waals surface area contributed by atoms with Crippen LogP contribution in [0.5, 0.6) is 0 Å². The van der Waals surface area contributed by atoms with E-state index >= 15 is 0 Å². The molecule has 0 aromatic heterocycles. The highest BCUT2D eigenvalue weighted by atomic mass is 19.1. The molecule has 0 bridgehead atoms. The molecule has 0 aromatic rings. The molecule has 1 heterocycles. The Kier molecular flexibility index (Phi) is 3.23. The zero-order valence-corrected chi connectivity index (χ0v) is 6.89. The third-order valence-corrected chi connectivity index (χ3v) is 2.18. The average Bonchev–Trinajstić information content (AvgIpc) is 2.11. The van der Waals surface area contributed by atoms with Gasteiger partial charge in [-0.05, 0) is 19.9 Å². The van der Waals surface area contributed by atoms with Gasteiger partial charge < -0.3 is 5.32 Å². The van der Waals surface area contributed by atoms with Crippen LogP contribution in [0.2, 0.25) is 0 Å². The van der Waals surface area contributed by atoms with Gasteiger partial charge in [0.1, 0.15) is 6.17 Å². The third kappa shape index (κ3) is 2.39. The van der Waals surface area contributed by atoms with Gasteiger partial charge in [0.05, 0.1) is 0 Å². The first kappa shape index (κ1) is 8.90. The number of halogens is 1. The summed E-state index contributed by atoms with van der Waals surface area (Å²) in [6.45, 7) is 1.16. The van der Waals surface area contributed by atoms with E-state index in [1.807, 2.05) is 0 Å². The molecule has 4 heteroatoms. The van der Waals surface area contributed by atoms with Crippen molar-refractivity contribution in [2.75, 3.05) is 20.1 Å². The number of hydrogen-bond donors (Lipinski definition) is 2. The Balaban J connectivity index is 2.43. The van der Waals surface area contributed by atoms with E-state index in [4.69, 9.17) is 5.84 Å². The van der Waals surface area contributed by atoms with Gasteiger partial charge in [0.2, 0.25) is 0 Å². The van der Waals surface area contributed by atoms with E-state index in [-0.39, 0.29) is 6.04 Å². The van der Waals surface area contributed by atoms with Gasteiger partial charge in [0.15, 0.2) is 0 Å². The molecule has 66 valence electrons. The normalized spacial score (nSPS) is 35.2. The summed E-state index contributed by atoms with van der Waals surface area (Å²) in [5.74, 6) is 5.51. The first-order valence-corrected chi connectivity index (χ1v) is 4.05. The second kappa shape index (κ2) is 3.99. The standard InChI is InChI=1S/C7H16FN3/c1-10-7-3-2-4-11(9)5-6(7)8/h6-7,10H,2-5,9H2,1H3. The van der Waals surface area contributed by atoms with Gasteiger partial charge in [-0.25, -0.2) is 9.40 Å². The fourth-order valence-electron chi connectivity index (χ4n) is 1.46. The average molecular weight is 161 g/mol. The van der Waals surface area contributed by atoms with E-state index in [1.165, 1.54) is 0 Å². The van der Waals surface area contributed by atoms with Crippen LogP contribution in [-0.4, -0.2) is 37.4 Å². The molecular weight excluding hydrogens is 145 g/mol. The van der Waals surface area contributed by atoms with Crippen LogP contribution in [0.3, 0.4) is 0 Å². The fourth-order valence-corrected chi connectivity index (χ4v) is 1.46. The summed E-state index contributed by atoms with van der Waals surface area (Å²) in [5.41, 5.74) is 0. The Morgan fingerprint density at radius 3 is 3.00 bits per heavy atom. The molecule has 3 nitrogen and oxygen atoms in total. The molecule has 0 aromatic carbocycles. The van der Waals surface area contributed by atoms with Crippen LogP contribution in [0.15, 0.2) is 0 Å². The summed E-state index contributed by atoms with van der Waals surface area (Å²) in [6.07, 6.45) is 1.03. The van der Waals surface area contributed by atoms with Crippen LogP contribution in [0.1, 0.15) is 12.8 Å². The molecule has 11 heavy (non-hydrogen) atoms. The zero-order chi connectivity index (χ0) is 8.27. The highest BCUT2D eigenvalue weighted by molar-refractivity contribution is 4.80. The van der Waals surface area contributed by atoms with Gasteiger partial charge in [-0.3, -0.25) is 5.84 Å². The topological polar surface area (TPSA) is 41.3 Å². The van der Waals surface area contributed by atoms with Crippen LogP contribution in [0.4, 0.5) is 4.39 Å². The van der Waals surface area contributed by atoms with Crippen LogP contribution >= 0.6 is 0 Å². The smallest absolute Gasteiger partial charge is 0.129 e. The first-order valence-electron chi connectivity index (χ1n) is 4.05. The molecule has 0 aliphatic carbocycles. The molecule has 0 radical (unpaired) electrons. The monoisotopic (exact) mass is 161 g/mol. The predicted octanol–water partition coefficient (Wildman–Crippen LogP) is -0.118. The minimum Gasteiger partial charge on any atom is -0.314 e. The number of nitrogens with two attached hydrogens (primary N) is 1. The van der Waals surface area contributed by atoms with Crippen LogP contribution in [0, 0.1) is 0 Å². The quantitative estimate of drug-likeness (QED) is 0.527. The second-order valence-electron chi connectivity index (χ2n) is 3.05. The van der Waals surface area contributed by atoms with Crippen molar-refractivity contribution in [3.8, 4) is 0 Å². The lowest BCUT2D eigenvalue weighted by Gasteiger charge is -2.18. The van der Waals surface area contributed by atoms with Crippen LogP contribution in [-0.2, 0) is 0 Å². The molecule has 0 saturated carbocycles. The Bertz CT molecular complexity index is 120. The first-order chi connectivity index (χ1) is 5.24. The number of hydrazine groups is 1. The predicted molar refractivity (Wildman–Crippen MR) is 42.7 cm³/mol. The van der Waals surface area contributed by atoms with Crippen molar-refractivity contribution in [3.63, 3.8) is 0 Å². The maximum absolute atomic E-state index is 13.2. The molecule has 0 spiro atoms. The summed E-state index contributed by atoms with van der Waals surface area (Å²) in [4.78, 5) is 0. The molecule has 3 N–H and O–H groups in total. The zero-order valence-electron chi connectivity index (χ0n) is 6.89. The number of nitrogens with zero attached hydrogens (tertiary/aromatic N) is 1. The molecular formula is C7H16FN3. The lowest BCUT2D eigenvalue weighted by Crippen LogP contribution is -2.41. The van der Waals surface area contributed by atoms with Gasteiger partial charge in [0, 0.05) is 19.1 Å². The number of hydrogen-bond acceptors (Lipinski definition) is 3. The number of nitrogens with one attached hydrogen (secondary N) is 1. The Morgan fingerprint density at radius 2 is 2.36 bits per heavy atom. The molecule has 1 aliphatic heterocycles. The van der Waals surface area contributed by atoms with Gasteiger partial charge in [-0.1, -0.05) is 0 Å². The van der Waals surface area contributed by atoms with Crippen molar-refractivity contribution < 1.29 is 4.39 Å². The van der Waals surface area contributed by atoms with E-state index in [0.29, 0.717) is 6.54 Å². The van der Waals surface area contributed by atoms with Crippen molar-refractivity contribution in [2.24, 2.45) is 5.84 Å². The van der Waals surface area contributed by atoms with Gasteiger partial charge in [-0.2, -0.15) is 0 Å². The fraction of sp³-hybridized carbons (Fsp3) is 1.00. The van der Waals surface area contributed by atoms with Crippen LogP contribution in [0.25, 0.3) is 0 Å². The molecule has 1 fully saturated rings. The van der Waals surface area contributed by atoms with Gasteiger partial charge >= 0.3 is 0 Å². The molecule has 2 atom stereocenters. The lowest BCUT2D eigenvalue weighted by molar-refractivity contribution is 0.187. The SMILES string of the molecule is CNC1CCCN(N)CC1F. The van der Waals surface area contributed by atoms with Crippen molar-refractivity contribution in [1.29, 1.82) is 0 Å². The van der Waals surface area contributed by atoms with Crippen molar-refractivity contribution in [1.82, 2.24) is 10.3 Å². The molecule has 1 saturated heterocycles. The van der Waals surface area contributed by atoms with E-state index in [1.54, 1.807) is 12.1 Å². The van der Waals surface area contributed by atoms with Crippen LogP contribution < -0.4 is 11.2 Å². The van der Waals surface area contributed by atoms with E-state index < -0.39 is 6.17 Å². The maximum Gasteiger partial charge on any atom is 0.129 e. The molecule has 1 aliphatic rings. The number of rotatable bonds is 1. The van der Waals surface area contributed by atoms with E-state index in [2.05, 4.69) is 5.32 Å². The lowest BCUT2D eigenvalue weighted by atomic mass is 10.1. The Labute approximate surface area is 66.7 Å². The second-order valence-corrected chi connectivity index (χ2v) is 3.05.